The number of methoxy groups -OCH3 is 2. The molecule has 0 amide bonds. The highest BCUT2D eigenvalue weighted by atomic mass is 16.5. The molecule has 1 unspecified atom stereocenters. The van der Waals surface area contributed by atoms with Crippen molar-refractivity contribution in [3.05, 3.63) is 39.7 Å². The Morgan fingerprint density at radius 1 is 1.32 bits per heavy atom. The molecule has 2 aromatic rings. The number of pyridine rings is 2. The summed E-state index contributed by atoms with van der Waals surface area (Å²) in [6, 6.07) is 3.23. The Morgan fingerprint density at radius 3 is 2.60 bits per heavy atom. The fourth-order valence-corrected chi connectivity index (χ4v) is 3.24. The molecule has 7 nitrogen and oxygen atoms in total. The van der Waals surface area contributed by atoms with Gasteiger partial charge < -0.3 is 19.1 Å². The maximum Gasteiger partial charge on any atom is 0.341 e. The molecule has 1 atom stereocenters. The van der Waals surface area contributed by atoms with Crippen molar-refractivity contribution in [3.63, 3.8) is 0 Å². The number of nitrogens with zero attached hydrogens (tertiary/aromatic N) is 2. The maximum absolute atomic E-state index is 12.2. The third-order valence-electron chi connectivity index (χ3n) is 4.56. The molecule has 1 aliphatic rings. The molecule has 0 spiro atoms. The van der Waals surface area contributed by atoms with Gasteiger partial charge in [0.05, 0.1) is 25.6 Å². The van der Waals surface area contributed by atoms with Gasteiger partial charge in [-0.2, -0.15) is 0 Å². The minimum atomic E-state index is -1.23. The highest BCUT2D eigenvalue weighted by Gasteiger charge is 2.30. The SMILES string of the molecule is COc1cc2c(nc1OC)-c1cc(=O)c(C(=O)O)cn1C(C(C)C)C2. The lowest BCUT2D eigenvalue weighted by molar-refractivity contribution is 0.0694. The first-order chi connectivity index (χ1) is 11.9. The molecule has 3 heterocycles. The monoisotopic (exact) mass is 344 g/mol. The smallest absolute Gasteiger partial charge is 0.341 e. The summed E-state index contributed by atoms with van der Waals surface area (Å²) in [5.74, 6) is -0.134. The highest BCUT2D eigenvalue weighted by Crippen LogP contribution is 2.40. The number of aromatic nitrogens is 2. The van der Waals surface area contributed by atoms with Crippen LogP contribution in [0.5, 0.6) is 11.6 Å². The Kier molecular flexibility index (Phi) is 4.24. The molecule has 2 aromatic heterocycles. The van der Waals surface area contributed by atoms with Gasteiger partial charge in [-0.25, -0.2) is 9.78 Å². The van der Waals surface area contributed by atoms with Crippen molar-refractivity contribution < 1.29 is 19.4 Å². The zero-order valence-corrected chi connectivity index (χ0v) is 14.6. The summed E-state index contributed by atoms with van der Waals surface area (Å²) >= 11 is 0. The van der Waals surface area contributed by atoms with E-state index in [-0.39, 0.29) is 17.5 Å². The molecule has 1 aliphatic heterocycles. The van der Waals surface area contributed by atoms with E-state index in [1.54, 1.807) is 7.11 Å². The number of fused-ring (bicyclic) bond motifs is 3. The van der Waals surface area contributed by atoms with Crippen LogP contribution in [0.4, 0.5) is 0 Å². The summed E-state index contributed by atoms with van der Waals surface area (Å²) in [7, 11) is 3.05. The van der Waals surface area contributed by atoms with Crippen LogP contribution in [0.2, 0.25) is 0 Å². The zero-order chi connectivity index (χ0) is 18.3. The minimum Gasteiger partial charge on any atom is -0.491 e. The second-order valence-corrected chi connectivity index (χ2v) is 6.37. The summed E-state index contributed by atoms with van der Waals surface area (Å²) in [5, 5.41) is 9.27. The molecule has 0 saturated heterocycles. The third kappa shape index (κ3) is 2.75. The molecule has 1 N–H and O–H groups in total. The molecule has 3 rings (SSSR count). The standard InChI is InChI=1S/C18H20N2O5/c1-9(2)12-5-10-6-15(24-3)17(25-4)19-16(10)13-7-14(21)11(18(22)23)8-20(12)13/h6-9,12H,5H2,1-4H3,(H,22,23). The van der Waals surface area contributed by atoms with Gasteiger partial charge in [0.25, 0.3) is 5.88 Å². The molecule has 0 radical (unpaired) electrons. The van der Waals surface area contributed by atoms with Gasteiger partial charge in [-0.1, -0.05) is 13.8 Å². The van der Waals surface area contributed by atoms with Crippen LogP contribution in [-0.2, 0) is 6.42 Å². The molecule has 0 fully saturated rings. The van der Waals surface area contributed by atoms with E-state index in [0.717, 1.165) is 5.56 Å². The van der Waals surface area contributed by atoms with E-state index >= 15 is 0 Å². The van der Waals surface area contributed by atoms with Crippen LogP contribution >= 0.6 is 0 Å². The first-order valence-corrected chi connectivity index (χ1v) is 7.99. The number of ether oxygens (including phenoxy) is 2. The van der Waals surface area contributed by atoms with Crippen LogP contribution in [0.25, 0.3) is 11.4 Å². The predicted octanol–water partition coefficient (Wildman–Crippen LogP) is 2.38. The molecular weight excluding hydrogens is 324 g/mol. The number of hydrogen-bond acceptors (Lipinski definition) is 5. The molecular formula is C18H20N2O5. The topological polar surface area (TPSA) is 90.7 Å². The quantitative estimate of drug-likeness (QED) is 0.916. The largest absolute Gasteiger partial charge is 0.491 e. The van der Waals surface area contributed by atoms with Crippen LogP contribution in [0.15, 0.2) is 23.1 Å². The lowest BCUT2D eigenvalue weighted by atomic mass is 9.89. The van der Waals surface area contributed by atoms with Crippen LogP contribution in [0.3, 0.4) is 0 Å². The molecule has 7 heteroatoms. The molecule has 132 valence electrons. The number of aromatic carboxylic acids is 1. The van der Waals surface area contributed by atoms with Gasteiger partial charge >= 0.3 is 5.97 Å². The number of hydrogen-bond donors (Lipinski definition) is 1. The Balaban J connectivity index is 2.31. The summed E-state index contributed by atoms with van der Waals surface area (Å²) in [5.41, 5.74) is 1.38. The van der Waals surface area contributed by atoms with E-state index in [2.05, 4.69) is 18.8 Å². The average molecular weight is 344 g/mol. The summed E-state index contributed by atoms with van der Waals surface area (Å²) in [6.07, 6.45) is 2.08. The van der Waals surface area contributed by atoms with Crippen molar-refractivity contribution in [1.82, 2.24) is 9.55 Å². The minimum absolute atomic E-state index is 0.0149. The lowest BCUT2D eigenvalue weighted by Gasteiger charge is -2.33. The van der Waals surface area contributed by atoms with Crippen LogP contribution < -0.4 is 14.9 Å². The zero-order valence-electron chi connectivity index (χ0n) is 14.6. The van der Waals surface area contributed by atoms with Gasteiger partial charge in [0.15, 0.2) is 11.2 Å². The van der Waals surface area contributed by atoms with Gasteiger partial charge in [-0.05, 0) is 24.0 Å². The van der Waals surface area contributed by atoms with E-state index in [0.29, 0.717) is 29.4 Å². The van der Waals surface area contributed by atoms with E-state index in [4.69, 9.17) is 9.47 Å². The maximum atomic E-state index is 12.2. The lowest BCUT2D eigenvalue weighted by Crippen LogP contribution is -2.28. The van der Waals surface area contributed by atoms with E-state index in [9.17, 15) is 14.7 Å². The van der Waals surface area contributed by atoms with Crippen LogP contribution in [0, 0.1) is 5.92 Å². The summed E-state index contributed by atoms with van der Waals surface area (Å²) < 4.78 is 12.4. The molecule has 0 bridgehead atoms. The summed E-state index contributed by atoms with van der Waals surface area (Å²) in [4.78, 5) is 28.1. The normalized spacial score (nSPS) is 15.5. The Bertz CT molecular complexity index is 901. The molecule has 25 heavy (non-hydrogen) atoms. The van der Waals surface area contributed by atoms with Crippen LogP contribution in [-0.4, -0.2) is 34.8 Å². The van der Waals surface area contributed by atoms with Crippen LogP contribution in [0.1, 0.15) is 35.8 Å². The van der Waals surface area contributed by atoms with Gasteiger partial charge in [-0.15, -0.1) is 0 Å². The fourth-order valence-electron chi connectivity index (χ4n) is 3.24. The van der Waals surface area contributed by atoms with Crippen molar-refractivity contribution in [3.8, 4) is 23.0 Å². The Hall–Kier alpha value is -2.83. The fraction of sp³-hybridized carbons (Fsp3) is 0.389. The van der Waals surface area contributed by atoms with Crippen molar-refractivity contribution in [1.29, 1.82) is 0 Å². The number of carbonyl (C=O) groups is 1. The van der Waals surface area contributed by atoms with Crippen molar-refractivity contribution in [2.24, 2.45) is 5.92 Å². The van der Waals surface area contributed by atoms with Gasteiger partial charge in [0.2, 0.25) is 0 Å². The Morgan fingerprint density at radius 2 is 2.04 bits per heavy atom. The van der Waals surface area contributed by atoms with Gasteiger partial charge in [0.1, 0.15) is 5.56 Å². The van der Waals surface area contributed by atoms with Gasteiger partial charge in [0, 0.05) is 18.3 Å². The molecule has 0 aliphatic carbocycles. The third-order valence-corrected chi connectivity index (χ3v) is 4.56. The van der Waals surface area contributed by atoms with E-state index < -0.39 is 11.4 Å². The number of carboxylic acids is 1. The second-order valence-electron chi connectivity index (χ2n) is 6.37. The van der Waals surface area contributed by atoms with E-state index in [1.807, 2.05) is 10.6 Å². The summed E-state index contributed by atoms with van der Waals surface area (Å²) in [6.45, 7) is 4.12. The molecule has 0 aromatic carbocycles. The highest BCUT2D eigenvalue weighted by molar-refractivity contribution is 5.87. The second kappa shape index (κ2) is 6.23. The van der Waals surface area contributed by atoms with Crippen molar-refractivity contribution >= 4 is 5.97 Å². The van der Waals surface area contributed by atoms with Gasteiger partial charge in [-0.3, -0.25) is 4.79 Å². The van der Waals surface area contributed by atoms with Crippen molar-refractivity contribution in [2.45, 2.75) is 26.3 Å². The average Bonchev–Trinajstić information content (AvgIpc) is 2.58. The first kappa shape index (κ1) is 17.0. The number of carboxylic acid groups (broad SMARTS) is 1. The molecule has 0 saturated carbocycles. The predicted molar refractivity (Wildman–Crippen MR) is 91.6 cm³/mol. The number of rotatable bonds is 4. The first-order valence-electron chi connectivity index (χ1n) is 7.99. The Labute approximate surface area is 144 Å². The van der Waals surface area contributed by atoms with Crippen molar-refractivity contribution in [2.75, 3.05) is 14.2 Å². The van der Waals surface area contributed by atoms with E-state index in [1.165, 1.54) is 19.4 Å².